The second-order valence-electron chi connectivity index (χ2n) is 6.00. The lowest BCUT2D eigenvalue weighted by Crippen LogP contribution is -2.22. The molecule has 7 nitrogen and oxygen atoms in total. The van der Waals surface area contributed by atoms with Crippen LogP contribution in [0.4, 0.5) is 5.69 Å². The van der Waals surface area contributed by atoms with E-state index in [-0.39, 0.29) is 23.6 Å². The highest BCUT2D eigenvalue weighted by Crippen LogP contribution is 2.27. The van der Waals surface area contributed by atoms with Gasteiger partial charge in [-0.3, -0.25) is 15.0 Å². The molecule has 0 heterocycles. The summed E-state index contributed by atoms with van der Waals surface area (Å²) in [4.78, 5) is 25.0. The fourth-order valence-corrected chi connectivity index (χ4v) is 2.64. The molecule has 0 saturated heterocycles. The van der Waals surface area contributed by atoms with E-state index in [1.165, 1.54) is 24.8 Å². The van der Waals surface area contributed by atoms with Gasteiger partial charge >= 0.3 is 11.7 Å². The van der Waals surface area contributed by atoms with Crippen molar-refractivity contribution in [2.24, 2.45) is 0 Å². The van der Waals surface area contributed by atoms with Gasteiger partial charge in [-0.05, 0) is 36.3 Å². The quantitative estimate of drug-likeness (QED) is 0.378. The molecule has 2 aromatic carbocycles. The van der Waals surface area contributed by atoms with Crippen LogP contribution in [0.2, 0.25) is 0 Å². The van der Waals surface area contributed by atoms with Gasteiger partial charge < -0.3 is 9.47 Å². The van der Waals surface area contributed by atoms with E-state index in [0.717, 1.165) is 31.3 Å². The SMILES string of the molecule is CCN(CC)Cc1ccc(COC(=O)c2ccc(OC)c([N+](=O)[O-])c2)cc1. The first-order valence-electron chi connectivity index (χ1n) is 8.78. The molecular formula is C20H24N2O5. The molecule has 0 unspecified atom stereocenters. The van der Waals surface area contributed by atoms with Crippen molar-refractivity contribution in [3.05, 3.63) is 69.3 Å². The molecule has 27 heavy (non-hydrogen) atoms. The van der Waals surface area contributed by atoms with Crippen molar-refractivity contribution < 1.29 is 19.2 Å². The summed E-state index contributed by atoms with van der Waals surface area (Å²) in [6.07, 6.45) is 0. The third-order valence-corrected chi connectivity index (χ3v) is 4.30. The van der Waals surface area contributed by atoms with Crippen LogP contribution in [-0.2, 0) is 17.9 Å². The highest BCUT2D eigenvalue weighted by molar-refractivity contribution is 5.90. The van der Waals surface area contributed by atoms with Gasteiger partial charge in [-0.15, -0.1) is 0 Å². The van der Waals surface area contributed by atoms with Gasteiger partial charge in [0.2, 0.25) is 0 Å². The van der Waals surface area contributed by atoms with Crippen LogP contribution in [0.15, 0.2) is 42.5 Å². The Morgan fingerprint density at radius 1 is 1.07 bits per heavy atom. The maximum Gasteiger partial charge on any atom is 0.338 e. The molecule has 0 radical (unpaired) electrons. The molecule has 0 aromatic heterocycles. The molecule has 2 aromatic rings. The van der Waals surface area contributed by atoms with Gasteiger partial charge in [0.1, 0.15) is 6.61 Å². The molecular weight excluding hydrogens is 348 g/mol. The monoisotopic (exact) mass is 372 g/mol. The molecule has 0 fully saturated rings. The molecule has 0 saturated carbocycles. The molecule has 0 atom stereocenters. The summed E-state index contributed by atoms with van der Waals surface area (Å²) < 4.78 is 10.2. The van der Waals surface area contributed by atoms with Gasteiger partial charge in [-0.2, -0.15) is 0 Å². The van der Waals surface area contributed by atoms with E-state index in [1.807, 2.05) is 24.3 Å². The van der Waals surface area contributed by atoms with E-state index in [0.29, 0.717) is 0 Å². The van der Waals surface area contributed by atoms with Crippen LogP contribution in [-0.4, -0.2) is 36.0 Å². The summed E-state index contributed by atoms with van der Waals surface area (Å²) in [5, 5.41) is 11.1. The zero-order chi connectivity index (χ0) is 19.8. The third kappa shape index (κ3) is 5.52. The number of carbonyl (C=O) groups excluding carboxylic acids is 1. The number of methoxy groups -OCH3 is 1. The van der Waals surface area contributed by atoms with Gasteiger partial charge in [0.25, 0.3) is 0 Å². The van der Waals surface area contributed by atoms with E-state index in [9.17, 15) is 14.9 Å². The third-order valence-electron chi connectivity index (χ3n) is 4.30. The van der Waals surface area contributed by atoms with Crippen molar-refractivity contribution in [1.82, 2.24) is 4.90 Å². The number of ether oxygens (including phenoxy) is 2. The van der Waals surface area contributed by atoms with Crippen molar-refractivity contribution >= 4 is 11.7 Å². The van der Waals surface area contributed by atoms with Crippen LogP contribution < -0.4 is 4.74 Å². The van der Waals surface area contributed by atoms with E-state index >= 15 is 0 Å². The van der Waals surface area contributed by atoms with Crippen LogP contribution in [0.3, 0.4) is 0 Å². The van der Waals surface area contributed by atoms with Gasteiger partial charge in [0, 0.05) is 12.6 Å². The normalized spacial score (nSPS) is 10.7. The molecule has 144 valence electrons. The molecule has 0 bridgehead atoms. The Bertz CT molecular complexity index is 785. The molecule has 0 N–H and O–H groups in total. The highest BCUT2D eigenvalue weighted by Gasteiger charge is 2.19. The minimum atomic E-state index is -0.618. The Balaban J connectivity index is 1.99. The summed E-state index contributed by atoms with van der Waals surface area (Å²) >= 11 is 0. The van der Waals surface area contributed by atoms with Crippen LogP contribution in [0.5, 0.6) is 5.75 Å². The summed E-state index contributed by atoms with van der Waals surface area (Å²) in [5.74, 6) is -0.520. The van der Waals surface area contributed by atoms with E-state index in [2.05, 4.69) is 18.7 Å². The summed E-state index contributed by atoms with van der Waals surface area (Å²) in [5.41, 5.74) is 1.89. The van der Waals surface area contributed by atoms with Crippen LogP contribution in [0.1, 0.15) is 35.3 Å². The van der Waals surface area contributed by atoms with Crippen molar-refractivity contribution in [1.29, 1.82) is 0 Å². The number of nitro groups is 1. The molecule has 0 amide bonds. The van der Waals surface area contributed by atoms with Crippen molar-refractivity contribution in [2.45, 2.75) is 27.0 Å². The average Bonchev–Trinajstić information content (AvgIpc) is 2.70. The number of nitrogens with zero attached hydrogens (tertiary/aromatic N) is 2. The maximum absolute atomic E-state index is 12.2. The molecule has 7 heteroatoms. The summed E-state index contributed by atoms with van der Waals surface area (Å²) in [7, 11) is 1.34. The Hall–Kier alpha value is -2.93. The molecule has 0 spiro atoms. The Labute approximate surface area is 158 Å². The average molecular weight is 372 g/mol. The van der Waals surface area contributed by atoms with Crippen LogP contribution in [0, 0.1) is 10.1 Å². The zero-order valence-corrected chi connectivity index (χ0v) is 15.8. The second-order valence-corrected chi connectivity index (χ2v) is 6.00. The Morgan fingerprint density at radius 3 is 2.26 bits per heavy atom. The fraction of sp³-hybridized carbons (Fsp3) is 0.350. The molecule has 2 rings (SSSR count). The van der Waals surface area contributed by atoms with Gasteiger partial charge in [-0.1, -0.05) is 38.1 Å². The van der Waals surface area contributed by atoms with Crippen molar-refractivity contribution in [2.75, 3.05) is 20.2 Å². The number of rotatable bonds is 9. The second kappa shape index (κ2) is 9.68. The van der Waals surface area contributed by atoms with Gasteiger partial charge in [0.15, 0.2) is 5.75 Å². The lowest BCUT2D eigenvalue weighted by Gasteiger charge is -2.18. The Morgan fingerprint density at radius 2 is 1.70 bits per heavy atom. The largest absolute Gasteiger partial charge is 0.490 e. The first-order valence-corrected chi connectivity index (χ1v) is 8.78. The molecule has 0 aliphatic rings. The van der Waals surface area contributed by atoms with Gasteiger partial charge in [0.05, 0.1) is 17.6 Å². The minimum Gasteiger partial charge on any atom is -0.490 e. The number of benzene rings is 2. The summed E-state index contributed by atoms with van der Waals surface area (Å²) in [6, 6.07) is 11.9. The standard InChI is InChI=1S/C20H24N2O5/c1-4-21(5-2)13-15-6-8-16(9-7-15)14-27-20(23)17-10-11-19(26-3)18(12-17)22(24)25/h6-12H,4-5,13-14H2,1-3H3. The fourth-order valence-electron chi connectivity index (χ4n) is 2.64. The van der Waals surface area contributed by atoms with Crippen molar-refractivity contribution in [3.63, 3.8) is 0 Å². The number of nitro benzene ring substituents is 1. The number of esters is 1. The lowest BCUT2D eigenvalue weighted by atomic mass is 10.1. The molecule has 0 aliphatic heterocycles. The zero-order valence-electron chi connectivity index (χ0n) is 15.8. The van der Waals surface area contributed by atoms with Gasteiger partial charge in [-0.25, -0.2) is 4.79 Å². The van der Waals surface area contributed by atoms with E-state index in [4.69, 9.17) is 9.47 Å². The van der Waals surface area contributed by atoms with E-state index < -0.39 is 10.9 Å². The topological polar surface area (TPSA) is 81.9 Å². The van der Waals surface area contributed by atoms with E-state index in [1.54, 1.807) is 0 Å². The minimum absolute atomic E-state index is 0.0975. The Kier molecular flexibility index (Phi) is 7.31. The lowest BCUT2D eigenvalue weighted by molar-refractivity contribution is -0.385. The maximum atomic E-state index is 12.2. The number of hydrogen-bond acceptors (Lipinski definition) is 6. The number of carbonyl (C=O) groups is 1. The first-order chi connectivity index (χ1) is 13.0. The van der Waals surface area contributed by atoms with Crippen LogP contribution >= 0.6 is 0 Å². The number of hydrogen-bond donors (Lipinski definition) is 0. The predicted molar refractivity (Wildman–Crippen MR) is 102 cm³/mol. The van der Waals surface area contributed by atoms with Crippen molar-refractivity contribution in [3.8, 4) is 5.75 Å². The van der Waals surface area contributed by atoms with Crippen LogP contribution in [0.25, 0.3) is 0 Å². The first kappa shape index (κ1) is 20.4. The predicted octanol–water partition coefficient (Wildman–Crippen LogP) is 3.80. The summed E-state index contributed by atoms with van der Waals surface area (Å²) in [6.45, 7) is 7.21. The smallest absolute Gasteiger partial charge is 0.338 e. The highest BCUT2D eigenvalue weighted by atomic mass is 16.6. The molecule has 0 aliphatic carbocycles.